The molecule has 1 nitrogen and oxygen atoms in total. The Morgan fingerprint density at radius 2 is 2.25 bits per heavy atom. The summed E-state index contributed by atoms with van der Waals surface area (Å²) in [7, 11) is 0. The molecule has 0 heterocycles. The van der Waals surface area contributed by atoms with Crippen LogP contribution in [-0.4, -0.2) is 6.54 Å². The average Bonchev–Trinajstić information content (AvgIpc) is 2.03. The Morgan fingerprint density at radius 1 is 1.50 bits per heavy atom. The largest absolute Gasteiger partial charge is 0.320 e. The highest BCUT2D eigenvalue weighted by Gasteiger charge is 1.93. The number of hydrogen-bond acceptors (Lipinski definition) is 1. The molecule has 0 fully saturated rings. The number of aryl methyl sites for hydroxylation is 1. The van der Waals surface area contributed by atoms with Crippen molar-refractivity contribution in [3.63, 3.8) is 0 Å². The number of benzene rings is 1. The summed E-state index contributed by atoms with van der Waals surface area (Å²) < 4.78 is 1.08. The van der Waals surface area contributed by atoms with Crippen molar-refractivity contribution in [3.8, 4) is 11.8 Å². The summed E-state index contributed by atoms with van der Waals surface area (Å²) in [5.74, 6) is 5.83. The Hall–Kier alpha value is -0.780. The van der Waals surface area contributed by atoms with Crippen molar-refractivity contribution in [1.82, 2.24) is 0 Å². The monoisotopic (exact) mass is 223 g/mol. The molecule has 0 aliphatic carbocycles. The molecule has 0 saturated heterocycles. The third kappa shape index (κ3) is 2.37. The van der Waals surface area contributed by atoms with Crippen LogP contribution in [0.1, 0.15) is 11.1 Å². The van der Waals surface area contributed by atoms with Crippen molar-refractivity contribution in [1.29, 1.82) is 0 Å². The maximum absolute atomic E-state index is 5.27. The summed E-state index contributed by atoms with van der Waals surface area (Å²) in [6.45, 7) is 2.45. The van der Waals surface area contributed by atoms with Gasteiger partial charge in [0.2, 0.25) is 0 Å². The van der Waals surface area contributed by atoms with E-state index in [4.69, 9.17) is 5.73 Å². The van der Waals surface area contributed by atoms with Crippen LogP contribution in [0.25, 0.3) is 0 Å². The molecule has 2 heteroatoms. The molecule has 1 aromatic rings. The lowest BCUT2D eigenvalue weighted by atomic mass is 10.1. The molecule has 2 N–H and O–H groups in total. The zero-order valence-corrected chi connectivity index (χ0v) is 8.48. The summed E-state index contributed by atoms with van der Waals surface area (Å²) in [6.07, 6.45) is 0. The highest BCUT2D eigenvalue weighted by atomic mass is 79.9. The molecule has 1 aromatic carbocycles. The fourth-order valence-corrected chi connectivity index (χ4v) is 1.39. The van der Waals surface area contributed by atoms with Crippen molar-refractivity contribution >= 4 is 15.9 Å². The van der Waals surface area contributed by atoms with E-state index in [1.807, 2.05) is 25.1 Å². The average molecular weight is 224 g/mol. The van der Waals surface area contributed by atoms with Crippen LogP contribution in [0.4, 0.5) is 0 Å². The molecule has 0 spiro atoms. The number of rotatable bonds is 0. The summed E-state index contributed by atoms with van der Waals surface area (Å²) in [5, 5.41) is 0. The third-order valence-corrected chi connectivity index (χ3v) is 2.01. The lowest BCUT2D eigenvalue weighted by Crippen LogP contribution is -1.93. The smallest absolute Gasteiger partial charge is 0.0555 e. The van der Waals surface area contributed by atoms with Crippen LogP contribution in [0.5, 0.6) is 0 Å². The van der Waals surface area contributed by atoms with Crippen LogP contribution in [-0.2, 0) is 0 Å². The Kier molecular flexibility index (Phi) is 3.33. The molecule has 0 atom stereocenters. The van der Waals surface area contributed by atoms with Gasteiger partial charge in [0.25, 0.3) is 0 Å². The lowest BCUT2D eigenvalue weighted by Gasteiger charge is -1.97. The number of nitrogens with two attached hydrogens (primary N) is 1. The van der Waals surface area contributed by atoms with Gasteiger partial charge in [-0.1, -0.05) is 27.8 Å². The Labute approximate surface area is 81.1 Å². The van der Waals surface area contributed by atoms with Crippen molar-refractivity contribution in [2.24, 2.45) is 5.73 Å². The van der Waals surface area contributed by atoms with Gasteiger partial charge in [-0.3, -0.25) is 0 Å². The zero-order valence-electron chi connectivity index (χ0n) is 6.89. The van der Waals surface area contributed by atoms with E-state index in [0.717, 1.165) is 10.0 Å². The molecule has 0 amide bonds. The molecule has 0 aliphatic rings. The first kappa shape index (κ1) is 9.31. The fraction of sp³-hybridized carbons (Fsp3) is 0.200. The number of halogens is 1. The summed E-state index contributed by atoms with van der Waals surface area (Å²) in [6, 6.07) is 6.01. The standard InChI is InChI=1S/C10H10BrN/c1-8-7-10(11)5-4-9(8)3-2-6-12/h4-5,7H,6,12H2,1H3. The number of hydrogen-bond donors (Lipinski definition) is 1. The van der Waals surface area contributed by atoms with E-state index in [0.29, 0.717) is 6.54 Å². The first-order valence-electron chi connectivity index (χ1n) is 3.69. The second-order valence-corrected chi connectivity index (χ2v) is 3.38. The molecule has 1 rings (SSSR count). The van der Waals surface area contributed by atoms with Gasteiger partial charge in [-0.2, -0.15) is 0 Å². The Morgan fingerprint density at radius 3 is 2.83 bits per heavy atom. The van der Waals surface area contributed by atoms with Crippen LogP contribution in [0.15, 0.2) is 22.7 Å². The molecule has 12 heavy (non-hydrogen) atoms. The van der Waals surface area contributed by atoms with E-state index in [-0.39, 0.29) is 0 Å². The molecule has 0 aromatic heterocycles. The van der Waals surface area contributed by atoms with Gasteiger partial charge in [-0.05, 0) is 30.7 Å². The molecule has 0 saturated carbocycles. The first-order valence-corrected chi connectivity index (χ1v) is 4.48. The van der Waals surface area contributed by atoms with E-state index in [1.54, 1.807) is 0 Å². The highest BCUT2D eigenvalue weighted by molar-refractivity contribution is 9.10. The minimum atomic E-state index is 0.412. The summed E-state index contributed by atoms with van der Waals surface area (Å²) in [5.41, 5.74) is 7.49. The van der Waals surface area contributed by atoms with E-state index in [1.165, 1.54) is 5.56 Å². The van der Waals surface area contributed by atoms with Crippen LogP contribution in [0, 0.1) is 18.8 Å². The highest BCUT2D eigenvalue weighted by Crippen LogP contribution is 2.14. The van der Waals surface area contributed by atoms with Crippen molar-refractivity contribution in [2.75, 3.05) is 6.54 Å². The summed E-state index contributed by atoms with van der Waals surface area (Å²) in [4.78, 5) is 0. The minimum Gasteiger partial charge on any atom is -0.320 e. The molecule has 0 unspecified atom stereocenters. The van der Waals surface area contributed by atoms with Gasteiger partial charge < -0.3 is 5.73 Å². The third-order valence-electron chi connectivity index (χ3n) is 1.51. The molecular formula is C10H10BrN. The van der Waals surface area contributed by atoms with Crippen molar-refractivity contribution < 1.29 is 0 Å². The van der Waals surface area contributed by atoms with Gasteiger partial charge in [0.05, 0.1) is 6.54 Å². The first-order chi connectivity index (χ1) is 5.74. The second kappa shape index (κ2) is 4.30. The maximum Gasteiger partial charge on any atom is 0.0555 e. The Bertz CT molecular complexity index is 333. The van der Waals surface area contributed by atoms with E-state index >= 15 is 0 Å². The van der Waals surface area contributed by atoms with Gasteiger partial charge in [-0.25, -0.2) is 0 Å². The van der Waals surface area contributed by atoms with Crippen LogP contribution < -0.4 is 5.73 Å². The van der Waals surface area contributed by atoms with Crippen LogP contribution in [0.2, 0.25) is 0 Å². The SMILES string of the molecule is Cc1cc(Br)ccc1C#CCN. The second-order valence-electron chi connectivity index (χ2n) is 2.47. The van der Waals surface area contributed by atoms with E-state index in [9.17, 15) is 0 Å². The topological polar surface area (TPSA) is 26.0 Å². The van der Waals surface area contributed by atoms with E-state index in [2.05, 4.69) is 27.8 Å². The van der Waals surface area contributed by atoms with Crippen LogP contribution >= 0.6 is 15.9 Å². The predicted molar refractivity (Wildman–Crippen MR) is 54.8 cm³/mol. The fourth-order valence-electron chi connectivity index (χ4n) is 0.914. The van der Waals surface area contributed by atoms with Crippen molar-refractivity contribution in [2.45, 2.75) is 6.92 Å². The molecule has 0 aliphatic heterocycles. The quantitative estimate of drug-likeness (QED) is 0.670. The molecule has 62 valence electrons. The Balaban J connectivity index is 3.01. The van der Waals surface area contributed by atoms with Gasteiger partial charge in [0.1, 0.15) is 0 Å². The predicted octanol–water partition coefficient (Wildman–Crippen LogP) is 2.07. The molecular weight excluding hydrogens is 214 g/mol. The van der Waals surface area contributed by atoms with Crippen molar-refractivity contribution in [3.05, 3.63) is 33.8 Å². The zero-order chi connectivity index (χ0) is 8.97. The van der Waals surface area contributed by atoms with E-state index < -0.39 is 0 Å². The van der Waals surface area contributed by atoms with Crippen LogP contribution in [0.3, 0.4) is 0 Å². The van der Waals surface area contributed by atoms with Gasteiger partial charge in [-0.15, -0.1) is 0 Å². The van der Waals surface area contributed by atoms with Gasteiger partial charge in [0.15, 0.2) is 0 Å². The normalized spacial score (nSPS) is 8.92. The lowest BCUT2D eigenvalue weighted by molar-refractivity contribution is 1.30. The molecule has 0 bridgehead atoms. The van der Waals surface area contributed by atoms with Gasteiger partial charge in [0, 0.05) is 10.0 Å². The minimum absolute atomic E-state index is 0.412. The maximum atomic E-state index is 5.27. The summed E-state index contributed by atoms with van der Waals surface area (Å²) >= 11 is 3.39. The van der Waals surface area contributed by atoms with Gasteiger partial charge >= 0.3 is 0 Å². The molecule has 0 radical (unpaired) electrons.